The van der Waals surface area contributed by atoms with Gasteiger partial charge >= 0.3 is 0 Å². The highest BCUT2D eigenvalue weighted by atomic mass is 35.5. The molecular formula is C24H28ClN3O4. The van der Waals surface area contributed by atoms with Gasteiger partial charge in [-0.15, -0.1) is 12.4 Å². The van der Waals surface area contributed by atoms with Crippen molar-refractivity contribution in [2.45, 2.75) is 27.0 Å². The predicted octanol–water partition coefficient (Wildman–Crippen LogP) is 4.08. The minimum atomic E-state index is -0.639. The average molecular weight is 458 g/mol. The summed E-state index contributed by atoms with van der Waals surface area (Å²) in [6.45, 7) is 7.55. The van der Waals surface area contributed by atoms with Crippen molar-refractivity contribution in [2.24, 2.45) is 0 Å². The number of hydrogen-bond acceptors (Lipinski definition) is 5. The van der Waals surface area contributed by atoms with Gasteiger partial charge in [0.15, 0.2) is 0 Å². The quantitative estimate of drug-likeness (QED) is 0.332. The number of hydroxylamine groups is 2. The first-order valence-corrected chi connectivity index (χ1v) is 10.2. The lowest BCUT2D eigenvalue weighted by molar-refractivity contribution is 0.0234. The van der Waals surface area contributed by atoms with Crippen LogP contribution in [0, 0.1) is 0 Å². The molecule has 170 valence electrons. The highest BCUT2D eigenvalue weighted by Crippen LogP contribution is 2.19. The van der Waals surface area contributed by atoms with Gasteiger partial charge in [0.1, 0.15) is 0 Å². The number of hydrogen-bond donors (Lipinski definition) is 3. The first kappa shape index (κ1) is 25.3. The van der Waals surface area contributed by atoms with E-state index in [1.54, 1.807) is 5.48 Å². The van der Waals surface area contributed by atoms with Crippen LogP contribution in [0.1, 0.15) is 45.7 Å². The van der Waals surface area contributed by atoms with E-state index in [-0.39, 0.29) is 24.6 Å². The molecule has 8 heteroatoms. The molecule has 0 aliphatic carbocycles. The van der Waals surface area contributed by atoms with Crippen LogP contribution in [-0.2, 0) is 18.0 Å². The molecule has 0 radical (unpaired) electrons. The summed E-state index contributed by atoms with van der Waals surface area (Å²) in [6.07, 6.45) is 0. The molecule has 0 aliphatic heterocycles. The van der Waals surface area contributed by atoms with Crippen LogP contribution in [0.3, 0.4) is 0 Å². The van der Waals surface area contributed by atoms with E-state index in [4.69, 9.17) is 10.0 Å². The molecule has 32 heavy (non-hydrogen) atoms. The fourth-order valence-corrected chi connectivity index (χ4v) is 3.32. The highest BCUT2D eigenvalue weighted by Gasteiger charge is 2.09. The lowest BCUT2D eigenvalue weighted by atomic mass is 10.0. The lowest BCUT2D eigenvalue weighted by Crippen LogP contribution is -2.24. The van der Waals surface area contributed by atoms with Crippen molar-refractivity contribution in [3.63, 3.8) is 0 Å². The Morgan fingerprint density at radius 3 is 1.94 bits per heavy atom. The minimum absolute atomic E-state index is 0. The molecule has 0 saturated heterocycles. The van der Waals surface area contributed by atoms with E-state index in [2.05, 4.69) is 48.5 Å². The monoisotopic (exact) mass is 457 g/mol. The summed E-state index contributed by atoms with van der Waals surface area (Å²) in [6, 6.07) is 18.4. The maximum atomic E-state index is 12.2. The fourth-order valence-electron chi connectivity index (χ4n) is 3.32. The molecule has 0 atom stereocenters. The van der Waals surface area contributed by atoms with Crippen molar-refractivity contribution in [1.29, 1.82) is 0 Å². The van der Waals surface area contributed by atoms with Crippen LogP contribution in [0.15, 0.2) is 60.7 Å². The van der Waals surface area contributed by atoms with Crippen LogP contribution in [0.25, 0.3) is 10.8 Å². The van der Waals surface area contributed by atoms with Crippen molar-refractivity contribution in [1.82, 2.24) is 15.9 Å². The molecule has 0 saturated carbocycles. The predicted molar refractivity (Wildman–Crippen MR) is 126 cm³/mol. The molecule has 3 aromatic carbocycles. The molecule has 7 nitrogen and oxygen atoms in total. The number of rotatable bonds is 9. The largest absolute Gasteiger partial charge is 0.300 e. The third-order valence-corrected chi connectivity index (χ3v) is 5.18. The summed E-state index contributed by atoms with van der Waals surface area (Å²) < 4.78 is 0. The summed E-state index contributed by atoms with van der Waals surface area (Å²) in [5.74, 6) is -1.06. The Morgan fingerprint density at radius 1 is 0.844 bits per heavy atom. The molecule has 0 unspecified atom stereocenters. The van der Waals surface area contributed by atoms with E-state index in [1.165, 1.54) is 35.2 Å². The Morgan fingerprint density at radius 2 is 1.38 bits per heavy atom. The Kier molecular flexibility index (Phi) is 9.61. The Balaban J connectivity index is 0.00000363. The molecule has 0 aliphatic rings. The maximum Gasteiger partial charge on any atom is 0.274 e. The molecule has 0 bridgehead atoms. The Bertz CT molecular complexity index is 1050. The second-order valence-corrected chi connectivity index (χ2v) is 7.22. The van der Waals surface area contributed by atoms with E-state index >= 15 is 0 Å². The number of halogens is 1. The van der Waals surface area contributed by atoms with Crippen LogP contribution < -0.4 is 11.0 Å². The zero-order valence-electron chi connectivity index (χ0n) is 18.1. The summed E-state index contributed by atoms with van der Waals surface area (Å²) in [7, 11) is 0. The van der Waals surface area contributed by atoms with Gasteiger partial charge in [-0.2, -0.15) is 0 Å². The van der Waals surface area contributed by atoms with Crippen molar-refractivity contribution in [3.8, 4) is 0 Å². The third-order valence-electron chi connectivity index (χ3n) is 5.18. The van der Waals surface area contributed by atoms with Crippen molar-refractivity contribution < 1.29 is 19.6 Å². The number of carbonyl (C=O) groups is 2. The van der Waals surface area contributed by atoms with E-state index in [0.29, 0.717) is 5.56 Å². The van der Waals surface area contributed by atoms with Crippen LogP contribution in [0.4, 0.5) is 0 Å². The van der Waals surface area contributed by atoms with Gasteiger partial charge < -0.3 is 0 Å². The van der Waals surface area contributed by atoms with Gasteiger partial charge in [-0.1, -0.05) is 38.1 Å². The first-order valence-electron chi connectivity index (χ1n) is 10.2. The van der Waals surface area contributed by atoms with Crippen molar-refractivity contribution in [2.75, 3.05) is 13.1 Å². The number of fused-ring (bicyclic) bond motifs is 1. The van der Waals surface area contributed by atoms with E-state index in [9.17, 15) is 9.59 Å². The molecule has 2 amide bonds. The third kappa shape index (κ3) is 6.51. The van der Waals surface area contributed by atoms with Crippen LogP contribution >= 0.6 is 12.4 Å². The Hall–Kier alpha value is -2.97. The van der Waals surface area contributed by atoms with E-state index < -0.39 is 11.8 Å². The average Bonchev–Trinajstić information content (AvgIpc) is 2.82. The maximum absolute atomic E-state index is 12.2. The van der Waals surface area contributed by atoms with Gasteiger partial charge in [-0.05, 0) is 71.4 Å². The topological polar surface area (TPSA) is 90.9 Å². The van der Waals surface area contributed by atoms with E-state index in [1.807, 2.05) is 12.1 Å². The molecule has 0 aromatic heterocycles. The summed E-state index contributed by atoms with van der Waals surface area (Å²) in [5, 5.41) is 10.9. The van der Waals surface area contributed by atoms with Gasteiger partial charge in [0, 0.05) is 17.7 Å². The summed E-state index contributed by atoms with van der Waals surface area (Å²) >= 11 is 0. The van der Waals surface area contributed by atoms with Gasteiger partial charge in [0.05, 0.1) is 6.61 Å². The number of amides is 2. The molecule has 0 spiro atoms. The summed E-state index contributed by atoms with van der Waals surface area (Å²) in [4.78, 5) is 31.2. The van der Waals surface area contributed by atoms with Crippen molar-refractivity contribution in [3.05, 3.63) is 82.9 Å². The van der Waals surface area contributed by atoms with Crippen molar-refractivity contribution >= 4 is 35.0 Å². The molecule has 0 fully saturated rings. The van der Waals surface area contributed by atoms with Gasteiger partial charge in [-0.25, -0.2) is 11.0 Å². The SMILES string of the molecule is CCN(CC)Cc1ccc2cc(CONC(=O)c3ccc(C(=O)NO)cc3)ccc2c1.Cl. The van der Waals surface area contributed by atoms with E-state index in [0.717, 1.165) is 30.6 Å². The highest BCUT2D eigenvalue weighted by molar-refractivity contribution is 5.97. The molecule has 3 N–H and O–H groups in total. The smallest absolute Gasteiger partial charge is 0.274 e. The number of benzene rings is 3. The summed E-state index contributed by atoms with van der Waals surface area (Å²) in [5.41, 5.74) is 6.77. The standard InChI is InChI=1S/C24H27N3O4.ClH/c1-3-27(4-2)15-17-5-7-22-14-18(6-8-21(22)13-17)16-31-26-24(29)20-11-9-19(10-12-20)23(28)25-30;/h5-14,30H,3-4,15-16H2,1-2H3,(H,25,28)(H,26,29);1H. The van der Waals surface area contributed by atoms with Crippen LogP contribution in [-0.4, -0.2) is 35.0 Å². The lowest BCUT2D eigenvalue weighted by Gasteiger charge is -2.18. The number of nitrogens with one attached hydrogen (secondary N) is 2. The van der Waals surface area contributed by atoms with Crippen LogP contribution in [0.2, 0.25) is 0 Å². The van der Waals surface area contributed by atoms with Gasteiger partial charge in [-0.3, -0.25) is 24.5 Å². The first-order chi connectivity index (χ1) is 15.0. The zero-order valence-corrected chi connectivity index (χ0v) is 18.9. The molecular weight excluding hydrogens is 430 g/mol. The van der Waals surface area contributed by atoms with Gasteiger partial charge in [0.25, 0.3) is 11.8 Å². The normalized spacial score (nSPS) is 10.6. The van der Waals surface area contributed by atoms with Gasteiger partial charge in [0.2, 0.25) is 0 Å². The second kappa shape index (κ2) is 12.2. The number of nitrogens with zero attached hydrogens (tertiary/aromatic N) is 1. The minimum Gasteiger partial charge on any atom is -0.300 e. The molecule has 3 aromatic rings. The fraction of sp³-hybridized carbons (Fsp3) is 0.250. The molecule has 0 heterocycles. The zero-order chi connectivity index (χ0) is 22.2. The van der Waals surface area contributed by atoms with Crippen LogP contribution in [0.5, 0.6) is 0 Å². The Labute approximate surface area is 193 Å². The number of carbonyl (C=O) groups excluding carboxylic acids is 2. The second-order valence-electron chi connectivity index (χ2n) is 7.22. The molecule has 3 rings (SSSR count).